The Morgan fingerprint density at radius 2 is 2.16 bits per heavy atom. The Hall–Kier alpha value is -2.37. The van der Waals surface area contributed by atoms with Gasteiger partial charge in [0, 0.05) is 12.7 Å². The average Bonchev–Trinajstić information content (AvgIpc) is 2.72. The molecule has 6 nitrogen and oxygen atoms in total. The van der Waals surface area contributed by atoms with E-state index in [1.54, 1.807) is 18.3 Å². The maximum atomic E-state index is 12.1. The molecule has 0 radical (unpaired) electrons. The number of anilines is 2. The molecule has 3 N–H and O–H groups in total. The van der Waals surface area contributed by atoms with E-state index in [0.29, 0.717) is 5.56 Å². The third kappa shape index (κ3) is 2.90. The van der Waals surface area contributed by atoms with Gasteiger partial charge < -0.3 is 10.6 Å². The maximum Gasteiger partial charge on any atom is 0.257 e. The number of pyridine rings is 1. The zero-order chi connectivity index (χ0) is 13.8. The van der Waals surface area contributed by atoms with E-state index in [1.807, 2.05) is 20.8 Å². The van der Waals surface area contributed by atoms with E-state index in [0.717, 1.165) is 29.4 Å². The molecule has 0 aliphatic heterocycles. The molecule has 0 unspecified atom stereocenters. The third-order valence-electron chi connectivity index (χ3n) is 2.75. The lowest BCUT2D eigenvalue weighted by molar-refractivity contribution is 0.102. The van der Waals surface area contributed by atoms with Gasteiger partial charge in [0.15, 0.2) is 0 Å². The lowest BCUT2D eigenvalue weighted by Crippen LogP contribution is -2.13. The number of aromatic nitrogens is 3. The number of aryl methyl sites for hydroxylation is 2. The Morgan fingerprint density at radius 3 is 2.68 bits per heavy atom. The van der Waals surface area contributed by atoms with E-state index < -0.39 is 0 Å². The lowest BCUT2D eigenvalue weighted by atomic mass is 10.2. The third-order valence-corrected chi connectivity index (χ3v) is 2.75. The molecule has 0 aromatic carbocycles. The van der Waals surface area contributed by atoms with E-state index in [1.165, 1.54) is 0 Å². The Bertz CT molecular complexity index is 554. The topological polar surface area (TPSA) is 82.7 Å². The Kier molecular flexibility index (Phi) is 3.79. The van der Waals surface area contributed by atoms with E-state index in [-0.39, 0.29) is 5.91 Å². The molecule has 100 valence electrons. The number of hydrogen-bond acceptors (Lipinski definition) is 4. The Labute approximate surface area is 111 Å². The van der Waals surface area contributed by atoms with Gasteiger partial charge in [0.1, 0.15) is 5.82 Å². The molecule has 2 heterocycles. The van der Waals surface area contributed by atoms with Crippen molar-refractivity contribution in [1.29, 1.82) is 0 Å². The fourth-order valence-corrected chi connectivity index (χ4v) is 1.73. The molecule has 0 saturated carbocycles. The van der Waals surface area contributed by atoms with Gasteiger partial charge in [-0.05, 0) is 32.9 Å². The molecule has 19 heavy (non-hydrogen) atoms. The van der Waals surface area contributed by atoms with Crippen LogP contribution >= 0.6 is 0 Å². The minimum absolute atomic E-state index is 0.192. The molecule has 2 aromatic rings. The predicted molar refractivity (Wildman–Crippen MR) is 74.4 cm³/mol. The molecule has 2 aromatic heterocycles. The first-order chi connectivity index (χ1) is 9.11. The van der Waals surface area contributed by atoms with Crippen LogP contribution in [0.5, 0.6) is 0 Å². The van der Waals surface area contributed by atoms with Crippen molar-refractivity contribution in [3.63, 3.8) is 0 Å². The van der Waals surface area contributed by atoms with Crippen molar-refractivity contribution in [3.05, 3.63) is 35.3 Å². The minimum Gasteiger partial charge on any atom is -0.370 e. The van der Waals surface area contributed by atoms with Crippen LogP contribution in [0.15, 0.2) is 18.3 Å². The van der Waals surface area contributed by atoms with Gasteiger partial charge in [-0.1, -0.05) is 0 Å². The summed E-state index contributed by atoms with van der Waals surface area (Å²) in [5.74, 6) is 0.567. The van der Waals surface area contributed by atoms with Gasteiger partial charge in [-0.25, -0.2) is 4.98 Å². The van der Waals surface area contributed by atoms with E-state index in [4.69, 9.17) is 0 Å². The zero-order valence-corrected chi connectivity index (χ0v) is 11.2. The predicted octanol–water partition coefficient (Wildman–Crippen LogP) is 2.11. The highest BCUT2D eigenvalue weighted by molar-refractivity contribution is 6.04. The summed E-state index contributed by atoms with van der Waals surface area (Å²) in [6.07, 6.45) is 1.55. The van der Waals surface area contributed by atoms with Crippen LogP contribution in [-0.2, 0) is 0 Å². The van der Waals surface area contributed by atoms with Gasteiger partial charge >= 0.3 is 0 Å². The Morgan fingerprint density at radius 1 is 1.37 bits per heavy atom. The quantitative estimate of drug-likeness (QED) is 0.785. The number of nitrogens with one attached hydrogen (secondary N) is 3. The van der Waals surface area contributed by atoms with Crippen molar-refractivity contribution < 1.29 is 4.79 Å². The second-order valence-electron chi connectivity index (χ2n) is 4.23. The van der Waals surface area contributed by atoms with Crippen LogP contribution in [0.25, 0.3) is 0 Å². The van der Waals surface area contributed by atoms with Gasteiger partial charge in [-0.15, -0.1) is 0 Å². The van der Waals surface area contributed by atoms with Gasteiger partial charge in [0.05, 0.1) is 22.6 Å². The van der Waals surface area contributed by atoms with Gasteiger partial charge in [-0.3, -0.25) is 9.89 Å². The van der Waals surface area contributed by atoms with Crippen molar-refractivity contribution in [2.75, 3.05) is 17.2 Å². The largest absolute Gasteiger partial charge is 0.370 e. The first kappa shape index (κ1) is 13.1. The van der Waals surface area contributed by atoms with E-state index in [9.17, 15) is 4.79 Å². The summed E-state index contributed by atoms with van der Waals surface area (Å²) in [5, 5.41) is 12.8. The summed E-state index contributed by atoms with van der Waals surface area (Å²) in [6, 6.07) is 3.53. The van der Waals surface area contributed by atoms with Crippen LogP contribution < -0.4 is 10.6 Å². The zero-order valence-electron chi connectivity index (χ0n) is 11.2. The average molecular weight is 259 g/mol. The highest BCUT2D eigenvalue weighted by atomic mass is 16.1. The van der Waals surface area contributed by atoms with Crippen molar-refractivity contribution >= 4 is 17.4 Å². The van der Waals surface area contributed by atoms with Crippen LogP contribution in [0.4, 0.5) is 11.5 Å². The molecule has 1 amide bonds. The van der Waals surface area contributed by atoms with E-state index >= 15 is 0 Å². The van der Waals surface area contributed by atoms with Gasteiger partial charge in [-0.2, -0.15) is 5.10 Å². The molecular weight excluding hydrogens is 242 g/mol. The molecule has 0 bridgehead atoms. The van der Waals surface area contributed by atoms with Crippen molar-refractivity contribution in [2.24, 2.45) is 0 Å². The summed E-state index contributed by atoms with van der Waals surface area (Å²) in [6.45, 7) is 6.49. The van der Waals surface area contributed by atoms with Crippen LogP contribution in [0.1, 0.15) is 28.7 Å². The maximum absolute atomic E-state index is 12.1. The summed E-state index contributed by atoms with van der Waals surface area (Å²) in [4.78, 5) is 16.2. The van der Waals surface area contributed by atoms with Gasteiger partial charge in [0.25, 0.3) is 5.91 Å². The molecule has 0 aliphatic rings. The highest BCUT2D eigenvalue weighted by Gasteiger charge is 2.12. The van der Waals surface area contributed by atoms with Crippen molar-refractivity contribution in [3.8, 4) is 0 Å². The standard InChI is InChI=1S/C13H17N5O/c1-4-14-11-6-5-10(7-15-11)13(19)16-12-8(2)17-18-9(12)3/h5-7H,4H2,1-3H3,(H,14,15)(H,16,19)(H,17,18). The number of aromatic amines is 1. The molecule has 0 saturated heterocycles. The fraction of sp³-hybridized carbons (Fsp3) is 0.308. The number of carbonyl (C=O) groups excluding carboxylic acids is 1. The molecule has 0 aliphatic carbocycles. The first-order valence-corrected chi connectivity index (χ1v) is 6.14. The summed E-state index contributed by atoms with van der Waals surface area (Å²) in [7, 11) is 0. The molecule has 6 heteroatoms. The highest BCUT2D eigenvalue weighted by Crippen LogP contribution is 2.17. The van der Waals surface area contributed by atoms with Gasteiger partial charge in [0.2, 0.25) is 0 Å². The SMILES string of the molecule is CCNc1ccc(C(=O)Nc2c(C)n[nH]c2C)cn1. The number of amides is 1. The number of carbonyl (C=O) groups is 1. The van der Waals surface area contributed by atoms with E-state index in [2.05, 4.69) is 25.8 Å². The number of hydrogen-bond donors (Lipinski definition) is 3. The number of H-pyrrole nitrogens is 1. The second-order valence-corrected chi connectivity index (χ2v) is 4.23. The van der Waals surface area contributed by atoms with Crippen molar-refractivity contribution in [1.82, 2.24) is 15.2 Å². The summed E-state index contributed by atoms with van der Waals surface area (Å²) >= 11 is 0. The van der Waals surface area contributed by atoms with Crippen LogP contribution in [0, 0.1) is 13.8 Å². The smallest absolute Gasteiger partial charge is 0.257 e. The molecule has 0 fully saturated rings. The number of rotatable bonds is 4. The van der Waals surface area contributed by atoms with Crippen LogP contribution in [0.3, 0.4) is 0 Å². The first-order valence-electron chi connectivity index (χ1n) is 6.14. The lowest BCUT2D eigenvalue weighted by Gasteiger charge is -2.06. The molecule has 0 spiro atoms. The molecule has 0 atom stereocenters. The second kappa shape index (κ2) is 5.51. The summed E-state index contributed by atoms with van der Waals surface area (Å²) in [5.41, 5.74) is 2.84. The minimum atomic E-state index is -0.192. The number of nitrogens with zero attached hydrogens (tertiary/aromatic N) is 2. The molecule has 2 rings (SSSR count). The van der Waals surface area contributed by atoms with Crippen LogP contribution in [-0.4, -0.2) is 27.6 Å². The monoisotopic (exact) mass is 259 g/mol. The molecular formula is C13H17N5O. The van der Waals surface area contributed by atoms with Crippen molar-refractivity contribution in [2.45, 2.75) is 20.8 Å². The Balaban J connectivity index is 2.12. The van der Waals surface area contributed by atoms with Crippen LogP contribution in [0.2, 0.25) is 0 Å². The summed E-state index contributed by atoms with van der Waals surface area (Å²) < 4.78 is 0. The normalized spacial score (nSPS) is 10.3. The fourth-order valence-electron chi connectivity index (χ4n) is 1.73.